The van der Waals surface area contributed by atoms with E-state index < -0.39 is 11.9 Å². The van der Waals surface area contributed by atoms with Crippen LogP contribution in [0.3, 0.4) is 0 Å². The van der Waals surface area contributed by atoms with Crippen molar-refractivity contribution >= 4 is 23.5 Å². The number of nitrogens with one attached hydrogen (secondary N) is 2. The van der Waals surface area contributed by atoms with Crippen LogP contribution in [-0.4, -0.2) is 46.2 Å². The molecule has 0 unspecified atom stereocenters. The van der Waals surface area contributed by atoms with E-state index >= 15 is 0 Å². The lowest BCUT2D eigenvalue weighted by atomic mass is 10.0. The Labute approximate surface area is 201 Å². The Morgan fingerprint density at radius 1 is 0.971 bits per heavy atom. The van der Waals surface area contributed by atoms with Gasteiger partial charge in [-0.15, -0.1) is 0 Å². The van der Waals surface area contributed by atoms with Gasteiger partial charge in [0.25, 0.3) is 5.91 Å². The van der Waals surface area contributed by atoms with Gasteiger partial charge in [-0.3, -0.25) is 14.6 Å². The van der Waals surface area contributed by atoms with Crippen LogP contribution in [0.15, 0.2) is 72.0 Å². The van der Waals surface area contributed by atoms with Crippen molar-refractivity contribution < 1.29 is 24.3 Å². The van der Waals surface area contributed by atoms with Gasteiger partial charge in [-0.1, -0.05) is 41.6 Å². The fourth-order valence-corrected chi connectivity index (χ4v) is 3.64. The minimum atomic E-state index is -1.14. The van der Waals surface area contributed by atoms with Crippen LogP contribution in [0.4, 0.5) is 0 Å². The number of benzene rings is 2. The van der Waals surface area contributed by atoms with Crippen molar-refractivity contribution in [2.24, 2.45) is 5.16 Å². The average Bonchev–Trinajstić information content (AvgIpc) is 3.35. The summed E-state index contributed by atoms with van der Waals surface area (Å²) in [5, 5.41) is 18.9. The molecule has 0 saturated carbocycles. The Balaban J connectivity index is 1.34. The van der Waals surface area contributed by atoms with E-state index in [0.29, 0.717) is 13.0 Å². The number of carbonyl (C=O) groups excluding carboxylic acids is 2. The van der Waals surface area contributed by atoms with E-state index in [0.717, 1.165) is 28.1 Å². The Kier molecular flexibility index (Phi) is 7.15. The predicted molar refractivity (Wildman–Crippen MR) is 129 cm³/mol. The lowest BCUT2D eigenvalue weighted by Crippen LogP contribution is -2.30. The predicted octanol–water partition coefficient (Wildman–Crippen LogP) is 3.01. The van der Waals surface area contributed by atoms with Crippen molar-refractivity contribution in [3.63, 3.8) is 0 Å². The molecule has 3 aromatic rings. The Hall–Kier alpha value is -4.53. The molecule has 1 aliphatic heterocycles. The second-order valence-electron chi connectivity index (χ2n) is 8.07. The highest BCUT2D eigenvalue weighted by Crippen LogP contribution is 2.21. The third-order valence-electron chi connectivity index (χ3n) is 5.51. The largest absolute Gasteiger partial charge is 0.478 e. The summed E-state index contributed by atoms with van der Waals surface area (Å²) in [6.07, 6.45) is 2.16. The molecule has 2 amide bonds. The third kappa shape index (κ3) is 5.89. The molecule has 0 aliphatic carbocycles. The molecule has 9 heteroatoms. The summed E-state index contributed by atoms with van der Waals surface area (Å²) < 4.78 is 0. The molecule has 0 saturated heterocycles. The summed E-state index contributed by atoms with van der Waals surface area (Å²) in [6.45, 7) is 2.13. The maximum Gasteiger partial charge on any atom is 0.336 e. The quantitative estimate of drug-likeness (QED) is 0.462. The number of rotatable bonds is 8. The van der Waals surface area contributed by atoms with Crippen molar-refractivity contribution in [2.45, 2.75) is 26.0 Å². The summed E-state index contributed by atoms with van der Waals surface area (Å²) in [7, 11) is 0. The van der Waals surface area contributed by atoms with Crippen LogP contribution in [-0.2, 0) is 16.2 Å². The number of hydrogen-bond acceptors (Lipinski definition) is 6. The van der Waals surface area contributed by atoms with Gasteiger partial charge in [0.05, 0.1) is 29.1 Å². The molecule has 3 N–H and O–H groups in total. The molecule has 4 rings (SSSR count). The van der Waals surface area contributed by atoms with Crippen molar-refractivity contribution in [1.29, 1.82) is 0 Å². The standard InChI is InChI=1S/C26H24N4O5/c1-16(31)27-15-20-12-24(30-35-20)19-10-11-23(28-14-19)18-8-6-17(7-9-18)13-29-25(32)21-4-2-3-5-22(21)26(33)34/h2-11,14,20H,12-13,15H2,1H3,(H,27,31)(H,29,32)(H,33,34)/t20-/m1/s1. The molecule has 1 aromatic heterocycles. The third-order valence-corrected chi connectivity index (χ3v) is 5.51. The van der Waals surface area contributed by atoms with Gasteiger partial charge in [-0.2, -0.15) is 0 Å². The maximum atomic E-state index is 12.4. The molecule has 2 heterocycles. The smallest absolute Gasteiger partial charge is 0.336 e. The van der Waals surface area contributed by atoms with Crippen LogP contribution >= 0.6 is 0 Å². The summed E-state index contributed by atoms with van der Waals surface area (Å²) in [6, 6.07) is 17.5. The number of carboxylic acids is 1. The average molecular weight is 473 g/mol. The van der Waals surface area contributed by atoms with Gasteiger partial charge in [0.1, 0.15) is 6.10 Å². The normalized spacial score (nSPS) is 14.5. The minimum absolute atomic E-state index is 0.0340. The first-order chi connectivity index (χ1) is 16.9. The zero-order valence-electron chi connectivity index (χ0n) is 19.0. The zero-order valence-corrected chi connectivity index (χ0v) is 19.0. The van der Waals surface area contributed by atoms with Crippen molar-refractivity contribution in [1.82, 2.24) is 15.6 Å². The number of oxime groups is 1. The molecule has 178 valence electrons. The van der Waals surface area contributed by atoms with Gasteiger partial charge < -0.3 is 20.6 Å². The molecular weight excluding hydrogens is 448 g/mol. The van der Waals surface area contributed by atoms with Crippen molar-refractivity contribution in [2.75, 3.05) is 6.54 Å². The zero-order chi connectivity index (χ0) is 24.8. The summed E-state index contributed by atoms with van der Waals surface area (Å²) in [4.78, 5) is 44.7. The van der Waals surface area contributed by atoms with E-state index in [-0.39, 0.29) is 29.7 Å². The maximum absolute atomic E-state index is 12.4. The molecule has 0 spiro atoms. The van der Waals surface area contributed by atoms with Gasteiger partial charge in [0.2, 0.25) is 5.91 Å². The number of pyridine rings is 1. The van der Waals surface area contributed by atoms with Gasteiger partial charge in [-0.05, 0) is 29.8 Å². The molecule has 35 heavy (non-hydrogen) atoms. The van der Waals surface area contributed by atoms with Gasteiger partial charge in [-0.25, -0.2) is 4.79 Å². The number of carbonyl (C=O) groups is 3. The Morgan fingerprint density at radius 3 is 2.34 bits per heavy atom. The number of hydrogen-bond donors (Lipinski definition) is 3. The monoisotopic (exact) mass is 472 g/mol. The van der Waals surface area contributed by atoms with E-state index in [1.165, 1.54) is 19.1 Å². The van der Waals surface area contributed by atoms with Crippen LogP contribution in [0.2, 0.25) is 0 Å². The van der Waals surface area contributed by atoms with Gasteiger partial charge in [0.15, 0.2) is 0 Å². The lowest BCUT2D eigenvalue weighted by molar-refractivity contribution is -0.119. The summed E-state index contributed by atoms with van der Waals surface area (Å²) in [5.74, 6) is -1.69. The van der Waals surface area contributed by atoms with Crippen LogP contribution < -0.4 is 10.6 Å². The van der Waals surface area contributed by atoms with E-state index in [2.05, 4.69) is 20.8 Å². The second kappa shape index (κ2) is 10.6. The molecule has 2 aromatic carbocycles. The first kappa shape index (κ1) is 23.6. The molecular formula is C26H24N4O5. The fraction of sp³-hybridized carbons (Fsp3) is 0.192. The van der Waals surface area contributed by atoms with Crippen LogP contribution in [0.25, 0.3) is 11.3 Å². The Morgan fingerprint density at radius 2 is 1.69 bits per heavy atom. The SMILES string of the molecule is CC(=O)NC[C@H]1CC(c2ccc(-c3ccc(CNC(=O)c4ccccc4C(=O)O)cc3)nc2)=NO1. The number of amides is 2. The molecule has 1 atom stereocenters. The Bertz CT molecular complexity index is 1270. The summed E-state index contributed by atoms with van der Waals surface area (Å²) >= 11 is 0. The number of carboxylic acid groups (broad SMARTS) is 1. The highest BCUT2D eigenvalue weighted by Gasteiger charge is 2.22. The first-order valence-corrected chi connectivity index (χ1v) is 11.0. The topological polar surface area (TPSA) is 130 Å². The molecule has 9 nitrogen and oxygen atoms in total. The van der Waals surface area contributed by atoms with Crippen LogP contribution in [0, 0.1) is 0 Å². The fourth-order valence-electron chi connectivity index (χ4n) is 3.64. The van der Waals surface area contributed by atoms with E-state index in [1.807, 2.05) is 36.4 Å². The number of aromatic nitrogens is 1. The minimum Gasteiger partial charge on any atom is -0.478 e. The highest BCUT2D eigenvalue weighted by molar-refractivity contribution is 6.04. The summed E-state index contributed by atoms with van der Waals surface area (Å²) in [5.41, 5.74) is 4.31. The van der Waals surface area contributed by atoms with E-state index in [4.69, 9.17) is 4.84 Å². The highest BCUT2D eigenvalue weighted by atomic mass is 16.6. The molecule has 0 bridgehead atoms. The van der Waals surface area contributed by atoms with E-state index in [1.54, 1.807) is 18.3 Å². The van der Waals surface area contributed by atoms with Crippen molar-refractivity contribution in [3.05, 3.63) is 89.1 Å². The van der Waals surface area contributed by atoms with E-state index in [9.17, 15) is 19.5 Å². The molecule has 0 fully saturated rings. The van der Waals surface area contributed by atoms with Crippen molar-refractivity contribution in [3.8, 4) is 11.3 Å². The van der Waals surface area contributed by atoms with Gasteiger partial charge >= 0.3 is 5.97 Å². The number of nitrogens with zero attached hydrogens (tertiary/aromatic N) is 2. The van der Waals surface area contributed by atoms with Crippen LogP contribution in [0.5, 0.6) is 0 Å². The molecule has 0 radical (unpaired) electrons. The number of aromatic carboxylic acids is 1. The van der Waals surface area contributed by atoms with Gasteiger partial charge in [0, 0.05) is 37.2 Å². The second-order valence-corrected chi connectivity index (χ2v) is 8.07. The lowest BCUT2D eigenvalue weighted by Gasteiger charge is -2.09. The first-order valence-electron chi connectivity index (χ1n) is 11.0. The van der Waals surface area contributed by atoms with Crippen LogP contribution in [0.1, 0.15) is 45.2 Å². The molecule has 1 aliphatic rings.